The zero-order chi connectivity index (χ0) is 21.2. The third-order valence-electron chi connectivity index (χ3n) is 4.40. The molecule has 0 spiro atoms. The first-order valence-electron chi connectivity index (χ1n) is 9.56. The van der Waals surface area contributed by atoms with Gasteiger partial charge in [-0.15, -0.1) is 0 Å². The van der Waals surface area contributed by atoms with Crippen molar-refractivity contribution >= 4 is 29.6 Å². The molecule has 0 unspecified atom stereocenters. The van der Waals surface area contributed by atoms with E-state index in [1.165, 1.54) is 6.08 Å². The number of esters is 1. The SMILES string of the molecule is O=C(/C=C/c1ccc(Cl)cc1)OCC(=O)N(Cc1ccccc1)Cc1ccccc1. The molecule has 3 aromatic rings. The van der Waals surface area contributed by atoms with Crippen molar-refractivity contribution in [3.8, 4) is 0 Å². The van der Waals surface area contributed by atoms with E-state index < -0.39 is 5.97 Å². The van der Waals surface area contributed by atoms with Crippen molar-refractivity contribution < 1.29 is 14.3 Å². The lowest BCUT2D eigenvalue weighted by Crippen LogP contribution is -2.33. The van der Waals surface area contributed by atoms with E-state index >= 15 is 0 Å². The summed E-state index contributed by atoms with van der Waals surface area (Å²) >= 11 is 5.85. The van der Waals surface area contributed by atoms with Gasteiger partial charge in [-0.25, -0.2) is 4.79 Å². The Labute approximate surface area is 181 Å². The Balaban J connectivity index is 1.60. The lowest BCUT2D eigenvalue weighted by molar-refractivity contribution is -0.148. The molecule has 5 heteroatoms. The van der Waals surface area contributed by atoms with E-state index in [-0.39, 0.29) is 12.5 Å². The van der Waals surface area contributed by atoms with Crippen molar-refractivity contribution in [3.63, 3.8) is 0 Å². The van der Waals surface area contributed by atoms with Crippen LogP contribution in [0.3, 0.4) is 0 Å². The Bertz CT molecular complexity index is 944. The van der Waals surface area contributed by atoms with Crippen molar-refractivity contribution in [2.45, 2.75) is 13.1 Å². The predicted molar refractivity (Wildman–Crippen MR) is 119 cm³/mol. The summed E-state index contributed by atoms with van der Waals surface area (Å²) < 4.78 is 5.16. The minimum Gasteiger partial charge on any atom is -0.452 e. The first kappa shape index (κ1) is 21.3. The number of carbonyl (C=O) groups excluding carboxylic acids is 2. The molecule has 3 rings (SSSR count). The van der Waals surface area contributed by atoms with Crippen LogP contribution in [0.1, 0.15) is 16.7 Å². The molecule has 0 aliphatic carbocycles. The monoisotopic (exact) mass is 419 g/mol. The van der Waals surface area contributed by atoms with Gasteiger partial charge in [0.2, 0.25) is 0 Å². The molecule has 3 aromatic carbocycles. The molecule has 0 aromatic heterocycles. The topological polar surface area (TPSA) is 46.6 Å². The molecule has 1 amide bonds. The number of hydrogen-bond donors (Lipinski definition) is 0. The Kier molecular flexibility index (Phi) is 7.81. The van der Waals surface area contributed by atoms with E-state index in [1.54, 1.807) is 35.2 Å². The van der Waals surface area contributed by atoms with Crippen molar-refractivity contribution in [2.75, 3.05) is 6.61 Å². The first-order chi connectivity index (χ1) is 14.6. The minimum atomic E-state index is -0.572. The fraction of sp³-hybridized carbons (Fsp3) is 0.120. The number of halogens is 1. The summed E-state index contributed by atoms with van der Waals surface area (Å²) in [7, 11) is 0. The van der Waals surface area contributed by atoms with Crippen LogP contribution in [0.4, 0.5) is 0 Å². The fourth-order valence-electron chi connectivity index (χ4n) is 2.85. The van der Waals surface area contributed by atoms with Crippen molar-refractivity contribution in [1.82, 2.24) is 4.90 Å². The summed E-state index contributed by atoms with van der Waals surface area (Å²) in [4.78, 5) is 26.5. The largest absolute Gasteiger partial charge is 0.452 e. The second kappa shape index (κ2) is 11.0. The molecule has 0 bridgehead atoms. The Morgan fingerprint density at radius 3 is 1.87 bits per heavy atom. The minimum absolute atomic E-state index is 0.254. The van der Waals surface area contributed by atoms with Crippen molar-refractivity contribution in [3.05, 3.63) is 113 Å². The molecule has 0 N–H and O–H groups in total. The predicted octanol–water partition coefficient (Wildman–Crippen LogP) is 5.13. The summed E-state index contributed by atoms with van der Waals surface area (Å²) in [5.41, 5.74) is 2.84. The molecule has 4 nitrogen and oxygen atoms in total. The van der Waals surface area contributed by atoms with Crippen LogP contribution in [0, 0.1) is 0 Å². The van der Waals surface area contributed by atoms with Gasteiger partial charge in [-0.05, 0) is 34.9 Å². The highest BCUT2D eigenvalue weighted by Crippen LogP contribution is 2.12. The normalized spacial score (nSPS) is 10.7. The highest BCUT2D eigenvalue weighted by molar-refractivity contribution is 6.30. The van der Waals surface area contributed by atoms with Crippen LogP contribution in [0.2, 0.25) is 5.02 Å². The molecule has 0 aliphatic heterocycles. The maximum absolute atomic E-state index is 12.8. The molecular formula is C25H22ClNO3. The van der Waals surface area contributed by atoms with Gasteiger partial charge >= 0.3 is 5.97 Å². The Hall–Kier alpha value is -3.37. The molecule has 0 fully saturated rings. The number of benzene rings is 3. The van der Waals surface area contributed by atoms with Gasteiger partial charge in [0.15, 0.2) is 6.61 Å². The highest BCUT2D eigenvalue weighted by atomic mass is 35.5. The maximum atomic E-state index is 12.8. The van der Waals surface area contributed by atoms with Gasteiger partial charge in [0.05, 0.1) is 0 Å². The van der Waals surface area contributed by atoms with Gasteiger partial charge in [-0.3, -0.25) is 4.79 Å². The van der Waals surface area contributed by atoms with Crippen LogP contribution < -0.4 is 0 Å². The van der Waals surface area contributed by atoms with E-state index in [0.717, 1.165) is 16.7 Å². The maximum Gasteiger partial charge on any atom is 0.331 e. The van der Waals surface area contributed by atoms with E-state index in [0.29, 0.717) is 18.1 Å². The third kappa shape index (κ3) is 6.90. The second-order valence-electron chi connectivity index (χ2n) is 6.71. The van der Waals surface area contributed by atoms with Gasteiger partial charge in [-0.1, -0.05) is 84.4 Å². The average Bonchev–Trinajstić information content (AvgIpc) is 2.78. The van der Waals surface area contributed by atoms with E-state index in [1.807, 2.05) is 60.7 Å². The van der Waals surface area contributed by atoms with Crippen molar-refractivity contribution in [1.29, 1.82) is 0 Å². The van der Waals surface area contributed by atoms with E-state index in [4.69, 9.17) is 16.3 Å². The van der Waals surface area contributed by atoms with Crippen LogP contribution in [-0.2, 0) is 27.4 Å². The quantitative estimate of drug-likeness (QED) is 0.376. The summed E-state index contributed by atoms with van der Waals surface area (Å²) in [6, 6.07) is 26.5. The molecule has 30 heavy (non-hydrogen) atoms. The van der Waals surface area contributed by atoms with E-state index in [9.17, 15) is 9.59 Å². The molecule has 0 saturated heterocycles. The zero-order valence-corrected chi connectivity index (χ0v) is 17.2. The average molecular weight is 420 g/mol. The Morgan fingerprint density at radius 2 is 1.33 bits per heavy atom. The van der Waals surface area contributed by atoms with Crippen LogP contribution in [-0.4, -0.2) is 23.4 Å². The highest BCUT2D eigenvalue weighted by Gasteiger charge is 2.16. The summed E-state index contributed by atoms with van der Waals surface area (Å²) in [6.07, 6.45) is 2.92. The number of amides is 1. The summed E-state index contributed by atoms with van der Waals surface area (Å²) in [5.74, 6) is -0.825. The fourth-order valence-corrected chi connectivity index (χ4v) is 2.98. The van der Waals surface area contributed by atoms with Crippen LogP contribution >= 0.6 is 11.6 Å². The molecule has 0 heterocycles. The molecule has 152 valence electrons. The third-order valence-corrected chi connectivity index (χ3v) is 4.66. The van der Waals surface area contributed by atoms with Gasteiger partial charge in [0.1, 0.15) is 0 Å². The second-order valence-corrected chi connectivity index (χ2v) is 7.15. The van der Waals surface area contributed by atoms with Gasteiger partial charge in [0.25, 0.3) is 5.91 Å². The van der Waals surface area contributed by atoms with Crippen molar-refractivity contribution in [2.24, 2.45) is 0 Å². The van der Waals surface area contributed by atoms with Crippen LogP contribution in [0.15, 0.2) is 91.0 Å². The number of rotatable bonds is 8. The summed E-state index contributed by atoms with van der Waals surface area (Å²) in [5, 5.41) is 0.622. The number of ether oxygens (including phenoxy) is 1. The zero-order valence-electron chi connectivity index (χ0n) is 16.4. The number of carbonyl (C=O) groups is 2. The van der Waals surface area contributed by atoms with Crippen LogP contribution in [0.5, 0.6) is 0 Å². The number of hydrogen-bond acceptors (Lipinski definition) is 3. The van der Waals surface area contributed by atoms with Gasteiger partial charge < -0.3 is 9.64 Å². The molecule has 0 radical (unpaired) electrons. The lowest BCUT2D eigenvalue weighted by Gasteiger charge is -2.23. The molecular weight excluding hydrogens is 398 g/mol. The van der Waals surface area contributed by atoms with E-state index in [2.05, 4.69) is 0 Å². The number of nitrogens with zero attached hydrogens (tertiary/aromatic N) is 1. The molecule has 0 saturated carbocycles. The first-order valence-corrected chi connectivity index (χ1v) is 9.94. The standard InChI is InChI=1S/C25H22ClNO3/c26-23-14-11-20(12-15-23)13-16-25(29)30-19-24(28)27(17-21-7-3-1-4-8-21)18-22-9-5-2-6-10-22/h1-16H,17-19H2/b16-13+. The molecule has 0 atom stereocenters. The Morgan fingerprint density at radius 1 is 0.800 bits per heavy atom. The van der Waals surface area contributed by atoms with Gasteiger partial charge in [-0.2, -0.15) is 0 Å². The molecule has 0 aliphatic rings. The summed E-state index contributed by atoms with van der Waals surface area (Å²) in [6.45, 7) is 0.558. The smallest absolute Gasteiger partial charge is 0.331 e. The van der Waals surface area contributed by atoms with Gasteiger partial charge in [0, 0.05) is 24.2 Å². The van der Waals surface area contributed by atoms with Crippen LogP contribution in [0.25, 0.3) is 6.08 Å². The lowest BCUT2D eigenvalue weighted by atomic mass is 10.1.